The first-order chi connectivity index (χ1) is 17.0. The van der Waals surface area contributed by atoms with Crippen LogP contribution in [0.15, 0.2) is 65.6 Å². The second-order valence-corrected chi connectivity index (χ2v) is 8.82. The van der Waals surface area contributed by atoms with Gasteiger partial charge >= 0.3 is 0 Å². The topological polar surface area (TPSA) is 84.9 Å². The van der Waals surface area contributed by atoms with E-state index in [0.717, 1.165) is 33.9 Å². The summed E-state index contributed by atoms with van der Waals surface area (Å²) in [6.45, 7) is 4.57. The molecule has 3 amide bonds. The van der Waals surface area contributed by atoms with Crippen molar-refractivity contribution in [3.8, 4) is 11.5 Å². The number of amides is 3. The third-order valence-electron chi connectivity index (χ3n) is 5.27. The van der Waals surface area contributed by atoms with Gasteiger partial charge in [0, 0.05) is 11.1 Å². The Bertz CT molecular complexity index is 1300. The van der Waals surface area contributed by atoms with E-state index in [1.54, 1.807) is 30.3 Å². The number of ether oxygens (including phenoxy) is 2. The maximum Gasteiger partial charge on any atom is 0.294 e. The zero-order valence-electron chi connectivity index (χ0n) is 19.6. The van der Waals surface area contributed by atoms with Crippen LogP contribution in [0, 0.1) is 0 Å². The van der Waals surface area contributed by atoms with Crippen LogP contribution in [-0.2, 0) is 9.59 Å². The zero-order valence-corrected chi connectivity index (χ0v) is 20.4. The van der Waals surface area contributed by atoms with Gasteiger partial charge in [0.1, 0.15) is 6.54 Å². The Morgan fingerprint density at radius 3 is 2.60 bits per heavy atom. The predicted octanol–water partition coefficient (Wildman–Crippen LogP) is 5.70. The quantitative estimate of drug-likeness (QED) is 0.387. The number of nitrogens with zero attached hydrogens (tertiary/aromatic N) is 1. The molecule has 0 spiro atoms. The molecule has 0 saturated carbocycles. The molecule has 3 aromatic rings. The minimum absolute atomic E-state index is 0.248. The molecule has 1 saturated heterocycles. The molecule has 1 aliphatic rings. The number of thioether (sulfide) groups is 1. The molecular weight excluding hydrogens is 464 g/mol. The largest absolute Gasteiger partial charge is 0.490 e. The van der Waals surface area contributed by atoms with Crippen molar-refractivity contribution >= 4 is 51.4 Å². The zero-order chi connectivity index (χ0) is 24.8. The Morgan fingerprint density at radius 2 is 1.80 bits per heavy atom. The van der Waals surface area contributed by atoms with Crippen LogP contribution in [0.3, 0.4) is 0 Å². The number of hydrogen-bond acceptors (Lipinski definition) is 6. The number of imide groups is 1. The summed E-state index contributed by atoms with van der Waals surface area (Å²) >= 11 is 0.811. The maximum absolute atomic E-state index is 12.9. The van der Waals surface area contributed by atoms with Crippen LogP contribution in [0.5, 0.6) is 11.5 Å². The third kappa shape index (κ3) is 5.66. The minimum atomic E-state index is -0.502. The van der Waals surface area contributed by atoms with E-state index in [-0.39, 0.29) is 11.4 Å². The molecule has 0 aliphatic carbocycles. The molecule has 0 aromatic heterocycles. The number of rotatable bonds is 9. The molecule has 1 fully saturated rings. The van der Waals surface area contributed by atoms with Gasteiger partial charge in [-0.2, -0.15) is 0 Å². The van der Waals surface area contributed by atoms with Gasteiger partial charge in [0.05, 0.1) is 18.1 Å². The fourth-order valence-electron chi connectivity index (χ4n) is 3.67. The van der Waals surface area contributed by atoms with Crippen LogP contribution in [0.25, 0.3) is 16.8 Å². The van der Waals surface area contributed by atoms with Gasteiger partial charge in [0.15, 0.2) is 11.5 Å². The molecule has 1 aliphatic heterocycles. The highest BCUT2D eigenvalue weighted by Gasteiger charge is 2.36. The number of anilines is 1. The molecule has 180 valence electrons. The minimum Gasteiger partial charge on any atom is -0.490 e. The van der Waals surface area contributed by atoms with E-state index >= 15 is 0 Å². The fourth-order valence-corrected chi connectivity index (χ4v) is 4.51. The molecule has 0 radical (unpaired) electrons. The molecule has 3 aromatic carbocycles. The van der Waals surface area contributed by atoms with Gasteiger partial charge in [-0.25, -0.2) is 0 Å². The van der Waals surface area contributed by atoms with Gasteiger partial charge in [0.2, 0.25) is 5.91 Å². The van der Waals surface area contributed by atoms with Crippen LogP contribution in [0.4, 0.5) is 10.5 Å². The van der Waals surface area contributed by atoms with Crippen molar-refractivity contribution in [3.63, 3.8) is 0 Å². The van der Waals surface area contributed by atoms with Crippen LogP contribution in [0.1, 0.15) is 25.8 Å². The SMILES string of the molecule is CCCOc1ccc(/C=C2\SC(=O)N(CC(=O)Nc3cccc4ccccc34)C2=O)cc1OCC. The van der Waals surface area contributed by atoms with Gasteiger partial charge in [0.25, 0.3) is 11.1 Å². The van der Waals surface area contributed by atoms with Crippen molar-refractivity contribution in [1.29, 1.82) is 0 Å². The molecule has 1 N–H and O–H groups in total. The summed E-state index contributed by atoms with van der Waals surface area (Å²) in [5.41, 5.74) is 1.33. The van der Waals surface area contributed by atoms with E-state index in [1.165, 1.54) is 0 Å². The van der Waals surface area contributed by atoms with Crippen molar-refractivity contribution in [2.45, 2.75) is 20.3 Å². The van der Waals surface area contributed by atoms with E-state index in [9.17, 15) is 14.4 Å². The van der Waals surface area contributed by atoms with Crippen LogP contribution < -0.4 is 14.8 Å². The Balaban J connectivity index is 1.48. The van der Waals surface area contributed by atoms with Crippen molar-refractivity contribution in [2.75, 3.05) is 25.1 Å². The molecule has 7 nitrogen and oxygen atoms in total. The highest BCUT2D eigenvalue weighted by Crippen LogP contribution is 2.35. The number of carbonyl (C=O) groups is 3. The third-order valence-corrected chi connectivity index (χ3v) is 6.17. The van der Waals surface area contributed by atoms with Crippen molar-refractivity contribution < 1.29 is 23.9 Å². The molecule has 8 heteroatoms. The second-order valence-electron chi connectivity index (χ2n) is 7.83. The summed E-state index contributed by atoms with van der Waals surface area (Å²) in [6, 6.07) is 18.6. The molecular formula is C27H26N2O5S. The first kappa shape index (κ1) is 24.3. The summed E-state index contributed by atoms with van der Waals surface area (Å²) in [5, 5.41) is 4.20. The average molecular weight is 491 g/mol. The van der Waals surface area contributed by atoms with E-state index in [0.29, 0.717) is 36.0 Å². The lowest BCUT2D eigenvalue weighted by Crippen LogP contribution is -2.36. The fraction of sp³-hybridized carbons (Fsp3) is 0.222. The summed E-state index contributed by atoms with van der Waals surface area (Å²) in [7, 11) is 0. The monoisotopic (exact) mass is 490 g/mol. The predicted molar refractivity (Wildman–Crippen MR) is 139 cm³/mol. The Hall–Kier alpha value is -3.78. The Kier molecular flexibility index (Phi) is 7.72. The number of hydrogen-bond donors (Lipinski definition) is 1. The Labute approximate surface area is 208 Å². The lowest BCUT2D eigenvalue weighted by Gasteiger charge is -2.14. The highest BCUT2D eigenvalue weighted by molar-refractivity contribution is 8.18. The van der Waals surface area contributed by atoms with Crippen LogP contribution in [-0.4, -0.2) is 41.7 Å². The second kappa shape index (κ2) is 11.1. The Morgan fingerprint density at radius 1 is 1.00 bits per heavy atom. The summed E-state index contributed by atoms with van der Waals surface area (Å²) in [6.07, 6.45) is 2.49. The molecule has 4 rings (SSSR count). The molecule has 0 bridgehead atoms. The van der Waals surface area contributed by atoms with E-state index in [2.05, 4.69) is 5.32 Å². The van der Waals surface area contributed by atoms with Crippen molar-refractivity contribution in [3.05, 3.63) is 71.1 Å². The maximum atomic E-state index is 12.9. The van der Waals surface area contributed by atoms with Crippen LogP contribution >= 0.6 is 11.8 Å². The molecule has 0 unspecified atom stereocenters. The van der Waals surface area contributed by atoms with Crippen LogP contribution in [0.2, 0.25) is 0 Å². The summed E-state index contributed by atoms with van der Waals surface area (Å²) < 4.78 is 11.4. The van der Waals surface area contributed by atoms with Gasteiger partial charge in [-0.1, -0.05) is 49.4 Å². The van der Waals surface area contributed by atoms with Crippen molar-refractivity contribution in [2.24, 2.45) is 0 Å². The lowest BCUT2D eigenvalue weighted by molar-refractivity contribution is -0.127. The standard InChI is InChI=1S/C27H26N2O5S/c1-3-14-34-22-13-12-18(15-23(22)33-4-2)16-24-26(31)29(27(32)35-24)17-25(30)28-21-11-7-9-19-8-5-6-10-20(19)21/h5-13,15-16H,3-4,14,17H2,1-2H3,(H,28,30)/b24-16-. The van der Waals surface area contributed by atoms with E-state index in [1.807, 2.05) is 50.2 Å². The molecule has 35 heavy (non-hydrogen) atoms. The van der Waals surface area contributed by atoms with Gasteiger partial charge in [-0.15, -0.1) is 0 Å². The van der Waals surface area contributed by atoms with Gasteiger partial charge < -0.3 is 14.8 Å². The highest BCUT2D eigenvalue weighted by atomic mass is 32.2. The van der Waals surface area contributed by atoms with Gasteiger partial charge in [-0.3, -0.25) is 19.3 Å². The summed E-state index contributed by atoms with van der Waals surface area (Å²) in [5.74, 6) is 0.255. The van der Waals surface area contributed by atoms with Gasteiger partial charge in [-0.05, 0) is 60.3 Å². The number of carbonyl (C=O) groups excluding carboxylic acids is 3. The van der Waals surface area contributed by atoms with E-state index in [4.69, 9.17) is 9.47 Å². The van der Waals surface area contributed by atoms with Crippen molar-refractivity contribution in [1.82, 2.24) is 4.90 Å². The number of benzene rings is 3. The smallest absolute Gasteiger partial charge is 0.294 e. The number of fused-ring (bicyclic) bond motifs is 1. The average Bonchev–Trinajstić information content (AvgIpc) is 3.11. The normalized spacial score (nSPS) is 14.6. The number of nitrogens with one attached hydrogen (secondary N) is 1. The first-order valence-electron chi connectivity index (χ1n) is 11.4. The first-order valence-corrected chi connectivity index (χ1v) is 12.2. The molecule has 0 atom stereocenters. The van der Waals surface area contributed by atoms with E-state index < -0.39 is 17.1 Å². The lowest BCUT2D eigenvalue weighted by atomic mass is 10.1. The molecule has 1 heterocycles. The summed E-state index contributed by atoms with van der Waals surface area (Å²) in [4.78, 5) is 39.3.